The van der Waals surface area contributed by atoms with Gasteiger partial charge in [0, 0.05) is 28.0 Å². The molecule has 3 heterocycles. The maximum absolute atomic E-state index is 13.7. The van der Waals surface area contributed by atoms with Crippen LogP contribution < -0.4 is 4.90 Å². The fraction of sp³-hybridized carbons (Fsp3) is 0.154. The number of H-pyrrole nitrogens is 1. The molecule has 3 aromatic carbocycles. The van der Waals surface area contributed by atoms with Crippen LogP contribution in [0.5, 0.6) is 0 Å². The number of aryl methyl sites for hydroxylation is 1. The first kappa shape index (κ1) is 19.5. The third-order valence-corrected chi connectivity index (χ3v) is 7.14. The van der Waals surface area contributed by atoms with Crippen molar-refractivity contribution in [1.29, 1.82) is 0 Å². The molecule has 1 N–H and O–H groups in total. The van der Waals surface area contributed by atoms with E-state index in [0.717, 1.165) is 16.8 Å². The van der Waals surface area contributed by atoms with Crippen molar-refractivity contribution in [3.63, 3.8) is 0 Å². The van der Waals surface area contributed by atoms with E-state index in [9.17, 15) is 4.79 Å². The number of thiocarbonyl (C=S) groups is 1. The van der Waals surface area contributed by atoms with Crippen LogP contribution in [-0.4, -0.2) is 26.9 Å². The van der Waals surface area contributed by atoms with Crippen LogP contribution >= 0.6 is 23.8 Å². The second-order valence-electron chi connectivity index (χ2n) is 8.44. The van der Waals surface area contributed by atoms with Crippen LogP contribution in [0, 0.1) is 6.92 Å². The van der Waals surface area contributed by atoms with Gasteiger partial charge < -0.3 is 9.88 Å². The molecule has 1 saturated heterocycles. The Morgan fingerprint density at radius 2 is 1.81 bits per heavy atom. The molecular formula is C26H20ClN3OS. The number of halogens is 1. The molecule has 2 aliphatic heterocycles. The highest BCUT2D eigenvalue weighted by Gasteiger charge is 2.50. The first-order valence-electron chi connectivity index (χ1n) is 10.6. The number of nitrogens with zero attached hydrogens (tertiary/aromatic N) is 2. The third-order valence-electron chi connectivity index (χ3n) is 6.51. The first-order chi connectivity index (χ1) is 15.5. The number of fused-ring (bicyclic) bond motifs is 4. The van der Waals surface area contributed by atoms with Crippen LogP contribution in [0.25, 0.3) is 10.9 Å². The summed E-state index contributed by atoms with van der Waals surface area (Å²) in [5, 5.41) is 2.26. The molecule has 1 aromatic heterocycles. The van der Waals surface area contributed by atoms with E-state index in [1.165, 1.54) is 16.5 Å². The fourth-order valence-corrected chi connectivity index (χ4v) is 5.64. The Morgan fingerprint density at radius 3 is 2.59 bits per heavy atom. The highest BCUT2D eigenvalue weighted by molar-refractivity contribution is 7.80. The molecule has 0 saturated carbocycles. The molecule has 2 unspecified atom stereocenters. The molecule has 0 spiro atoms. The number of benzene rings is 3. The Kier molecular flexibility index (Phi) is 4.39. The quantitative estimate of drug-likeness (QED) is 0.388. The third kappa shape index (κ3) is 2.81. The Balaban J connectivity index is 1.55. The summed E-state index contributed by atoms with van der Waals surface area (Å²) in [4.78, 5) is 21.1. The molecule has 1 fully saturated rings. The molecule has 4 nitrogen and oxygen atoms in total. The van der Waals surface area contributed by atoms with E-state index in [1.54, 1.807) is 17.0 Å². The molecule has 158 valence electrons. The average molecular weight is 458 g/mol. The number of carbonyl (C=O) groups is 1. The Hall–Kier alpha value is -3.15. The molecule has 0 bridgehead atoms. The van der Waals surface area contributed by atoms with E-state index < -0.39 is 0 Å². The van der Waals surface area contributed by atoms with Gasteiger partial charge in [-0.2, -0.15) is 0 Å². The van der Waals surface area contributed by atoms with Crippen LogP contribution in [0.2, 0.25) is 5.02 Å². The summed E-state index contributed by atoms with van der Waals surface area (Å²) in [5.74, 6) is -0.00897. The Labute approximate surface area is 196 Å². The number of hydrogen-bond acceptors (Lipinski definition) is 2. The van der Waals surface area contributed by atoms with Crippen molar-refractivity contribution in [2.24, 2.45) is 0 Å². The number of nitrogens with one attached hydrogen (secondary N) is 1. The van der Waals surface area contributed by atoms with E-state index in [4.69, 9.17) is 23.8 Å². The molecular weight excluding hydrogens is 438 g/mol. The predicted octanol–water partition coefficient (Wildman–Crippen LogP) is 5.78. The van der Waals surface area contributed by atoms with Crippen LogP contribution in [0.4, 0.5) is 5.69 Å². The minimum atomic E-state index is -0.362. The minimum Gasteiger partial charge on any atom is -0.356 e. The normalized spacial score (nSPS) is 20.1. The van der Waals surface area contributed by atoms with Crippen molar-refractivity contribution in [2.45, 2.75) is 25.4 Å². The summed E-state index contributed by atoms with van der Waals surface area (Å²) in [5.41, 5.74) is 6.39. The highest BCUT2D eigenvalue weighted by atomic mass is 35.5. The van der Waals surface area contributed by atoms with Gasteiger partial charge in [-0.3, -0.25) is 9.69 Å². The monoisotopic (exact) mass is 457 g/mol. The van der Waals surface area contributed by atoms with Crippen molar-refractivity contribution < 1.29 is 4.79 Å². The number of hydrogen-bond donors (Lipinski definition) is 1. The van der Waals surface area contributed by atoms with E-state index in [1.807, 2.05) is 24.3 Å². The Bertz CT molecular complexity index is 1390. The van der Waals surface area contributed by atoms with Crippen LogP contribution in [0.1, 0.15) is 28.4 Å². The van der Waals surface area contributed by atoms with Gasteiger partial charge in [0.05, 0.1) is 11.7 Å². The molecule has 2 aliphatic rings. The highest BCUT2D eigenvalue weighted by Crippen LogP contribution is 2.45. The van der Waals surface area contributed by atoms with Crippen molar-refractivity contribution in [2.75, 3.05) is 4.90 Å². The number of para-hydroxylation sites is 1. The second-order valence-corrected chi connectivity index (χ2v) is 9.24. The maximum Gasteiger partial charge on any atom is 0.256 e. The van der Waals surface area contributed by atoms with Gasteiger partial charge in [0.1, 0.15) is 6.04 Å². The van der Waals surface area contributed by atoms with Crippen molar-refractivity contribution in [3.05, 3.63) is 100 Å². The van der Waals surface area contributed by atoms with Gasteiger partial charge >= 0.3 is 0 Å². The van der Waals surface area contributed by atoms with E-state index in [2.05, 4.69) is 53.2 Å². The lowest BCUT2D eigenvalue weighted by Crippen LogP contribution is -2.44. The van der Waals surface area contributed by atoms with Crippen molar-refractivity contribution in [3.8, 4) is 0 Å². The van der Waals surface area contributed by atoms with E-state index in [-0.39, 0.29) is 18.0 Å². The molecule has 6 rings (SSSR count). The van der Waals surface area contributed by atoms with Gasteiger partial charge in [0.25, 0.3) is 5.91 Å². The lowest BCUT2D eigenvalue weighted by molar-refractivity contribution is -0.120. The second kappa shape index (κ2) is 7.19. The number of aromatic amines is 1. The smallest absolute Gasteiger partial charge is 0.256 e. The van der Waals surface area contributed by atoms with Crippen molar-refractivity contribution >= 4 is 51.4 Å². The van der Waals surface area contributed by atoms with Crippen molar-refractivity contribution in [1.82, 2.24) is 9.88 Å². The SMILES string of the molecule is Cc1ccc(C2c3[nH]c4ccccc4c3CC3C(=O)N(c4cccc(Cl)c4)C(=S)N32)cc1. The summed E-state index contributed by atoms with van der Waals surface area (Å²) in [6.45, 7) is 2.08. The molecule has 32 heavy (non-hydrogen) atoms. The van der Waals surface area contributed by atoms with Crippen LogP contribution in [0.15, 0.2) is 72.8 Å². The largest absolute Gasteiger partial charge is 0.356 e. The minimum absolute atomic E-state index is 0.00897. The fourth-order valence-electron chi connectivity index (χ4n) is 5.02. The van der Waals surface area contributed by atoms with E-state index in [0.29, 0.717) is 22.2 Å². The number of carbonyl (C=O) groups excluding carboxylic acids is 1. The molecule has 6 heteroatoms. The number of aromatic nitrogens is 1. The summed E-state index contributed by atoms with van der Waals surface area (Å²) in [6.07, 6.45) is 0.609. The predicted molar refractivity (Wildman–Crippen MR) is 132 cm³/mol. The molecule has 2 atom stereocenters. The number of amides is 1. The molecule has 1 amide bonds. The lowest BCUT2D eigenvalue weighted by Gasteiger charge is -2.37. The zero-order chi connectivity index (χ0) is 22.0. The van der Waals surface area contributed by atoms with Gasteiger partial charge in [-0.15, -0.1) is 0 Å². The Morgan fingerprint density at radius 1 is 1.03 bits per heavy atom. The molecule has 0 aliphatic carbocycles. The number of anilines is 1. The van der Waals surface area contributed by atoms with E-state index >= 15 is 0 Å². The molecule has 4 aromatic rings. The van der Waals surface area contributed by atoms with Gasteiger partial charge in [-0.05, 0) is 54.5 Å². The van der Waals surface area contributed by atoms with Gasteiger partial charge in [0.15, 0.2) is 5.11 Å². The zero-order valence-electron chi connectivity index (χ0n) is 17.4. The summed E-state index contributed by atoms with van der Waals surface area (Å²) >= 11 is 12.2. The van der Waals surface area contributed by atoms with Crippen LogP contribution in [0.3, 0.4) is 0 Å². The van der Waals surface area contributed by atoms with Crippen LogP contribution in [-0.2, 0) is 11.2 Å². The average Bonchev–Trinajstić information content (AvgIpc) is 3.28. The van der Waals surface area contributed by atoms with Gasteiger partial charge in [0.2, 0.25) is 0 Å². The summed E-state index contributed by atoms with van der Waals surface area (Å²) in [6, 6.07) is 23.6. The molecule has 0 radical (unpaired) electrons. The number of rotatable bonds is 2. The van der Waals surface area contributed by atoms with Gasteiger partial charge in [-0.1, -0.05) is 65.7 Å². The topological polar surface area (TPSA) is 39.3 Å². The standard InChI is InChI=1S/C26H20ClN3OS/c1-15-9-11-16(12-10-15)24-23-20(19-7-2-3-8-21(19)28-23)14-22-25(31)29(26(32)30(22)24)18-6-4-5-17(27)13-18/h2-13,22,24,28H,14H2,1H3. The summed E-state index contributed by atoms with van der Waals surface area (Å²) in [7, 11) is 0. The zero-order valence-corrected chi connectivity index (χ0v) is 19.0. The maximum atomic E-state index is 13.7. The van der Waals surface area contributed by atoms with Gasteiger partial charge in [-0.25, -0.2) is 0 Å². The first-order valence-corrected chi connectivity index (χ1v) is 11.4. The lowest BCUT2D eigenvalue weighted by atomic mass is 9.88. The summed E-state index contributed by atoms with van der Waals surface area (Å²) < 4.78 is 0.